The number of carbonyl (C=O) groups excluding carboxylic acids is 1. The van der Waals surface area contributed by atoms with Crippen molar-refractivity contribution < 1.29 is 4.79 Å². The quantitative estimate of drug-likeness (QED) is 0.818. The average Bonchev–Trinajstić information content (AvgIpc) is 2.72. The molecule has 0 radical (unpaired) electrons. The van der Waals surface area contributed by atoms with Gasteiger partial charge >= 0.3 is 0 Å². The molecule has 0 spiro atoms. The molecule has 1 N–H and O–H groups in total. The van der Waals surface area contributed by atoms with Gasteiger partial charge in [0, 0.05) is 17.3 Å². The molecule has 0 saturated heterocycles. The van der Waals surface area contributed by atoms with E-state index < -0.39 is 0 Å². The lowest BCUT2D eigenvalue weighted by Crippen LogP contribution is -2.31. The third kappa shape index (κ3) is 2.89. The molecule has 1 atom stereocenters. The Hall–Kier alpha value is -1.27. The van der Waals surface area contributed by atoms with Crippen LogP contribution in [0.5, 0.6) is 0 Å². The zero-order valence-electron chi connectivity index (χ0n) is 10.1. The van der Waals surface area contributed by atoms with Crippen molar-refractivity contribution in [1.29, 1.82) is 0 Å². The Morgan fingerprint density at radius 2 is 2.35 bits per heavy atom. The Morgan fingerprint density at radius 1 is 1.59 bits per heavy atom. The normalized spacial score (nSPS) is 15.8. The van der Waals surface area contributed by atoms with E-state index in [4.69, 9.17) is 6.42 Å². The fourth-order valence-corrected chi connectivity index (χ4v) is 3.28. The maximum Gasteiger partial charge on any atom is 0.261 e. The Balaban J connectivity index is 2.04. The molecule has 1 unspecified atom stereocenters. The number of terminal acetylenes is 1. The van der Waals surface area contributed by atoms with E-state index in [1.54, 1.807) is 11.3 Å². The number of hydrogen-bond donors (Lipinski definition) is 1. The minimum Gasteiger partial charge on any atom is -0.348 e. The number of nitrogens with one attached hydrogen (secondary N) is 1. The number of rotatable bonds is 3. The highest BCUT2D eigenvalue weighted by Crippen LogP contribution is 2.29. The predicted octanol–water partition coefficient (Wildman–Crippen LogP) is 2.77. The molecule has 0 saturated carbocycles. The van der Waals surface area contributed by atoms with Crippen LogP contribution in [0.25, 0.3) is 0 Å². The van der Waals surface area contributed by atoms with Crippen LogP contribution in [0.3, 0.4) is 0 Å². The molecule has 17 heavy (non-hydrogen) atoms. The third-order valence-electron chi connectivity index (χ3n) is 3.02. The van der Waals surface area contributed by atoms with Gasteiger partial charge in [0.15, 0.2) is 0 Å². The van der Waals surface area contributed by atoms with Gasteiger partial charge in [-0.15, -0.1) is 23.7 Å². The highest BCUT2D eigenvalue weighted by Gasteiger charge is 2.17. The summed E-state index contributed by atoms with van der Waals surface area (Å²) in [5, 5.41) is 2.94. The number of amides is 1. The lowest BCUT2D eigenvalue weighted by molar-refractivity contribution is 0.0945. The van der Waals surface area contributed by atoms with Gasteiger partial charge in [0.1, 0.15) is 0 Å². The van der Waals surface area contributed by atoms with Crippen molar-refractivity contribution >= 4 is 17.2 Å². The van der Waals surface area contributed by atoms with Crippen molar-refractivity contribution in [3.63, 3.8) is 0 Å². The van der Waals surface area contributed by atoms with Crippen LogP contribution in [-0.2, 0) is 12.8 Å². The summed E-state index contributed by atoms with van der Waals surface area (Å²) >= 11 is 1.64. The maximum atomic E-state index is 12.0. The SMILES string of the molecule is C#CCC(C)NC(=O)c1cc2c(s1)CCCC2. The minimum absolute atomic E-state index is 0.0205. The summed E-state index contributed by atoms with van der Waals surface area (Å²) in [7, 11) is 0. The summed E-state index contributed by atoms with van der Waals surface area (Å²) in [6.07, 6.45) is 10.6. The van der Waals surface area contributed by atoms with E-state index in [1.165, 1.54) is 23.3 Å². The van der Waals surface area contributed by atoms with Gasteiger partial charge in [0.05, 0.1) is 4.88 Å². The van der Waals surface area contributed by atoms with Crippen molar-refractivity contribution in [1.82, 2.24) is 5.32 Å². The van der Waals surface area contributed by atoms with E-state index >= 15 is 0 Å². The van der Waals surface area contributed by atoms with Crippen LogP contribution in [0.4, 0.5) is 0 Å². The number of aryl methyl sites for hydroxylation is 2. The fraction of sp³-hybridized carbons (Fsp3) is 0.500. The van der Waals surface area contributed by atoms with E-state index in [-0.39, 0.29) is 11.9 Å². The topological polar surface area (TPSA) is 29.1 Å². The van der Waals surface area contributed by atoms with Gasteiger partial charge < -0.3 is 5.32 Å². The summed E-state index contributed by atoms with van der Waals surface area (Å²) in [6.45, 7) is 1.94. The van der Waals surface area contributed by atoms with Gasteiger partial charge in [-0.25, -0.2) is 0 Å². The van der Waals surface area contributed by atoms with Gasteiger partial charge in [0.25, 0.3) is 5.91 Å². The first-order chi connectivity index (χ1) is 8.20. The predicted molar refractivity (Wildman–Crippen MR) is 71.3 cm³/mol. The second-order valence-corrected chi connectivity index (χ2v) is 5.69. The van der Waals surface area contributed by atoms with Crippen LogP contribution in [0, 0.1) is 12.3 Å². The van der Waals surface area contributed by atoms with Crippen LogP contribution in [0.15, 0.2) is 6.07 Å². The van der Waals surface area contributed by atoms with E-state index in [0.717, 1.165) is 17.7 Å². The Bertz CT molecular complexity index is 432. The van der Waals surface area contributed by atoms with Gasteiger partial charge in [-0.05, 0) is 44.2 Å². The molecule has 1 aliphatic carbocycles. The minimum atomic E-state index is 0.0205. The first kappa shape index (κ1) is 12.2. The van der Waals surface area contributed by atoms with Gasteiger partial charge in [-0.2, -0.15) is 0 Å². The molecule has 1 aliphatic rings. The molecule has 1 heterocycles. The van der Waals surface area contributed by atoms with E-state index in [2.05, 4.69) is 17.3 Å². The molecule has 1 amide bonds. The van der Waals surface area contributed by atoms with Crippen molar-refractivity contribution in [3.05, 3.63) is 21.4 Å². The second kappa shape index (κ2) is 5.37. The smallest absolute Gasteiger partial charge is 0.261 e. The lowest BCUT2D eigenvalue weighted by Gasteiger charge is -2.09. The summed E-state index contributed by atoms with van der Waals surface area (Å²) < 4.78 is 0. The number of fused-ring (bicyclic) bond motifs is 1. The molecule has 2 rings (SSSR count). The number of thiophene rings is 1. The summed E-state index contributed by atoms with van der Waals surface area (Å²) in [5.74, 6) is 2.58. The molecule has 0 aliphatic heterocycles. The number of hydrogen-bond acceptors (Lipinski definition) is 2. The number of carbonyl (C=O) groups is 1. The van der Waals surface area contributed by atoms with Crippen LogP contribution >= 0.6 is 11.3 Å². The molecular formula is C14H17NOS. The molecule has 0 fully saturated rings. The molecule has 90 valence electrons. The van der Waals surface area contributed by atoms with Gasteiger partial charge in [-0.1, -0.05) is 0 Å². The third-order valence-corrected chi connectivity index (χ3v) is 4.26. The zero-order chi connectivity index (χ0) is 12.3. The van der Waals surface area contributed by atoms with Crippen molar-refractivity contribution in [2.24, 2.45) is 0 Å². The van der Waals surface area contributed by atoms with Crippen molar-refractivity contribution in [2.75, 3.05) is 0 Å². The molecule has 1 aromatic heterocycles. The molecule has 3 heteroatoms. The van der Waals surface area contributed by atoms with Crippen LogP contribution in [-0.4, -0.2) is 11.9 Å². The maximum absolute atomic E-state index is 12.0. The monoisotopic (exact) mass is 247 g/mol. The highest BCUT2D eigenvalue weighted by molar-refractivity contribution is 7.14. The first-order valence-corrected chi connectivity index (χ1v) is 6.88. The molecule has 1 aromatic rings. The zero-order valence-corrected chi connectivity index (χ0v) is 10.9. The Labute approximate surface area is 106 Å². The highest BCUT2D eigenvalue weighted by atomic mass is 32.1. The fourth-order valence-electron chi connectivity index (χ4n) is 2.13. The summed E-state index contributed by atoms with van der Waals surface area (Å²) in [5.41, 5.74) is 1.37. The van der Waals surface area contributed by atoms with E-state index in [1.807, 2.05) is 6.92 Å². The molecule has 0 bridgehead atoms. The standard InChI is InChI=1S/C14H17NOS/c1-3-6-10(2)15-14(16)13-9-11-7-4-5-8-12(11)17-13/h1,9-10H,4-8H2,2H3,(H,15,16). The van der Waals surface area contributed by atoms with Crippen molar-refractivity contribution in [2.45, 2.75) is 45.1 Å². The van der Waals surface area contributed by atoms with Crippen LogP contribution < -0.4 is 5.32 Å². The van der Waals surface area contributed by atoms with Gasteiger partial charge in [0.2, 0.25) is 0 Å². The average molecular weight is 247 g/mol. The first-order valence-electron chi connectivity index (χ1n) is 6.06. The van der Waals surface area contributed by atoms with Gasteiger partial charge in [-0.3, -0.25) is 4.79 Å². The van der Waals surface area contributed by atoms with Crippen molar-refractivity contribution in [3.8, 4) is 12.3 Å². The summed E-state index contributed by atoms with van der Waals surface area (Å²) in [6, 6.07) is 2.10. The van der Waals surface area contributed by atoms with E-state index in [9.17, 15) is 4.79 Å². The second-order valence-electron chi connectivity index (χ2n) is 4.55. The summed E-state index contributed by atoms with van der Waals surface area (Å²) in [4.78, 5) is 14.2. The van der Waals surface area contributed by atoms with E-state index in [0.29, 0.717) is 6.42 Å². The Morgan fingerprint density at radius 3 is 3.06 bits per heavy atom. The van der Waals surface area contributed by atoms with Crippen LogP contribution in [0.2, 0.25) is 0 Å². The largest absolute Gasteiger partial charge is 0.348 e. The molecular weight excluding hydrogens is 230 g/mol. The Kier molecular flexibility index (Phi) is 3.86. The molecule has 0 aromatic carbocycles. The lowest BCUT2D eigenvalue weighted by atomic mass is 9.99. The molecule has 2 nitrogen and oxygen atoms in total. The van der Waals surface area contributed by atoms with Crippen LogP contribution in [0.1, 0.15) is 46.3 Å².